The Morgan fingerprint density at radius 1 is 1.39 bits per heavy atom. The highest BCUT2D eigenvalue weighted by Gasteiger charge is 2.24. The Morgan fingerprint density at radius 3 is 2.72 bits per heavy atom. The van der Waals surface area contributed by atoms with Crippen LogP contribution in [0.4, 0.5) is 0 Å². The van der Waals surface area contributed by atoms with E-state index in [2.05, 4.69) is 0 Å². The summed E-state index contributed by atoms with van der Waals surface area (Å²) in [6.07, 6.45) is 8.82. The smallest absolute Gasteiger partial charge is 0.320 e. The fourth-order valence-corrected chi connectivity index (χ4v) is 1.78. The number of hydrogen-bond acceptors (Lipinski definition) is 4. The number of allylic oxidation sites excluding steroid dienone is 4. The quantitative estimate of drug-likeness (QED) is 0.760. The third-order valence-electron chi connectivity index (χ3n) is 2.56. The van der Waals surface area contributed by atoms with Gasteiger partial charge in [-0.3, -0.25) is 4.79 Å². The maximum atomic E-state index is 11.7. The van der Waals surface area contributed by atoms with Gasteiger partial charge in [-0.25, -0.2) is 0 Å². The molecule has 100 valence electrons. The van der Waals surface area contributed by atoms with Crippen LogP contribution in [0.3, 0.4) is 0 Å². The molecule has 1 unspecified atom stereocenters. The molecule has 0 aliphatic heterocycles. The SMILES string of the molecule is COC(=O)C1C=CC=CC=C1O[C@@H](C)C[C@@H](C)O. The van der Waals surface area contributed by atoms with Gasteiger partial charge in [0.15, 0.2) is 0 Å². The molecule has 1 aliphatic carbocycles. The molecule has 0 aromatic heterocycles. The Morgan fingerprint density at radius 2 is 2.11 bits per heavy atom. The number of carbonyl (C=O) groups excluding carboxylic acids is 1. The Labute approximate surface area is 108 Å². The number of ether oxygens (including phenoxy) is 2. The van der Waals surface area contributed by atoms with Crippen LogP contribution in [0.1, 0.15) is 20.3 Å². The number of rotatable bonds is 5. The summed E-state index contributed by atoms with van der Waals surface area (Å²) < 4.78 is 10.5. The van der Waals surface area contributed by atoms with E-state index in [0.717, 1.165) is 0 Å². The number of hydrogen-bond donors (Lipinski definition) is 1. The zero-order chi connectivity index (χ0) is 13.5. The predicted molar refractivity (Wildman–Crippen MR) is 68.7 cm³/mol. The topological polar surface area (TPSA) is 55.8 Å². The summed E-state index contributed by atoms with van der Waals surface area (Å²) in [5.41, 5.74) is 0. The monoisotopic (exact) mass is 252 g/mol. The van der Waals surface area contributed by atoms with E-state index in [1.54, 1.807) is 25.2 Å². The molecule has 1 N–H and O–H groups in total. The van der Waals surface area contributed by atoms with Crippen LogP contribution in [-0.2, 0) is 14.3 Å². The van der Waals surface area contributed by atoms with Crippen molar-refractivity contribution in [1.82, 2.24) is 0 Å². The molecule has 0 bridgehead atoms. The molecule has 0 saturated carbocycles. The summed E-state index contributed by atoms with van der Waals surface area (Å²) in [6.45, 7) is 3.57. The van der Waals surface area contributed by atoms with Gasteiger partial charge >= 0.3 is 5.97 Å². The summed E-state index contributed by atoms with van der Waals surface area (Å²) in [5, 5.41) is 9.31. The van der Waals surface area contributed by atoms with Gasteiger partial charge in [0.25, 0.3) is 0 Å². The number of aliphatic hydroxyl groups excluding tert-OH is 1. The molecule has 1 rings (SSSR count). The highest BCUT2D eigenvalue weighted by Crippen LogP contribution is 2.21. The maximum absolute atomic E-state index is 11.7. The van der Waals surface area contributed by atoms with Gasteiger partial charge in [-0.2, -0.15) is 0 Å². The van der Waals surface area contributed by atoms with Crippen molar-refractivity contribution in [3.63, 3.8) is 0 Å². The minimum atomic E-state index is -0.526. The summed E-state index contributed by atoms with van der Waals surface area (Å²) in [5.74, 6) is -0.341. The first-order valence-electron chi connectivity index (χ1n) is 6.02. The zero-order valence-electron chi connectivity index (χ0n) is 11.0. The number of esters is 1. The van der Waals surface area contributed by atoms with Crippen LogP contribution in [0.2, 0.25) is 0 Å². The second kappa shape index (κ2) is 7.01. The number of aliphatic hydroxyl groups is 1. The molecule has 3 atom stereocenters. The summed E-state index contributed by atoms with van der Waals surface area (Å²) in [7, 11) is 1.35. The molecule has 0 spiro atoms. The molecule has 18 heavy (non-hydrogen) atoms. The molecular formula is C14H20O4. The lowest BCUT2D eigenvalue weighted by atomic mass is 10.1. The Balaban J connectivity index is 2.75. The second-order valence-corrected chi connectivity index (χ2v) is 4.35. The molecule has 0 saturated heterocycles. The van der Waals surface area contributed by atoms with Gasteiger partial charge in [0.1, 0.15) is 11.7 Å². The highest BCUT2D eigenvalue weighted by atomic mass is 16.5. The van der Waals surface area contributed by atoms with Crippen LogP contribution >= 0.6 is 0 Å². The lowest BCUT2D eigenvalue weighted by Crippen LogP contribution is -2.22. The molecule has 0 amide bonds. The molecule has 0 aromatic rings. The first kappa shape index (κ1) is 14.5. The van der Waals surface area contributed by atoms with E-state index in [-0.39, 0.29) is 12.1 Å². The Bertz CT molecular complexity index is 366. The molecule has 1 aliphatic rings. The van der Waals surface area contributed by atoms with Crippen LogP contribution in [0.15, 0.2) is 36.1 Å². The highest BCUT2D eigenvalue weighted by molar-refractivity contribution is 5.77. The van der Waals surface area contributed by atoms with Crippen molar-refractivity contribution in [3.05, 3.63) is 36.1 Å². The van der Waals surface area contributed by atoms with E-state index < -0.39 is 12.0 Å². The molecule has 0 heterocycles. The third-order valence-corrected chi connectivity index (χ3v) is 2.56. The van der Waals surface area contributed by atoms with E-state index in [0.29, 0.717) is 12.2 Å². The minimum absolute atomic E-state index is 0.164. The van der Waals surface area contributed by atoms with Gasteiger partial charge < -0.3 is 14.6 Å². The van der Waals surface area contributed by atoms with E-state index in [4.69, 9.17) is 9.47 Å². The van der Waals surface area contributed by atoms with Crippen molar-refractivity contribution >= 4 is 5.97 Å². The Hall–Kier alpha value is -1.55. The standard InChI is InChI=1S/C14H20O4/c1-10(15)9-11(2)18-13-8-6-4-5-7-12(13)14(16)17-3/h4-8,10-12,15H,9H2,1-3H3/t10-,11+,12?/m1/s1. The van der Waals surface area contributed by atoms with Crippen LogP contribution in [0.5, 0.6) is 0 Å². The predicted octanol–water partition coefficient (Wildman–Crippen LogP) is 1.96. The first-order chi connectivity index (χ1) is 8.54. The van der Waals surface area contributed by atoms with Gasteiger partial charge in [0, 0.05) is 6.42 Å². The van der Waals surface area contributed by atoms with Crippen molar-refractivity contribution in [1.29, 1.82) is 0 Å². The zero-order valence-corrected chi connectivity index (χ0v) is 11.0. The lowest BCUT2D eigenvalue weighted by Gasteiger charge is -2.21. The second-order valence-electron chi connectivity index (χ2n) is 4.35. The maximum Gasteiger partial charge on any atom is 0.320 e. The van der Waals surface area contributed by atoms with E-state index in [1.165, 1.54) is 7.11 Å². The van der Waals surface area contributed by atoms with Gasteiger partial charge in [-0.1, -0.05) is 24.3 Å². The van der Waals surface area contributed by atoms with Gasteiger partial charge in [0.2, 0.25) is 0 Å². The van der Waals surface area contributed by atoms with E-state index in [1.807, 2.05) is 19.1 Å². The normalized spacial score (nSPS) is 21.8. The van der Waals surface area contributed by atoms with Crippen molar-refractivity contribution in [2.75, 3.05) is 7.11 Å². The minimum Gasteiger partial charge on any atom is -0.494 e. The van der Waals surface area contributed by atoms with E-state index >= 15 is 0 Å². The molecule has 4 heteroatoms. The molecule has 0 fully saturated rings. The molecular weight excluding hydrogens is 232 g/mol. The lowest BCUT2D eigenvalue weighted by molar-refractivity contribution is -0.143. The van der Waals surface area contributed by atoms with Crippen LogP contribution < -0.4 is 0 Å². The summed E-state index contributed by atoms with van der Waals surface area (Å²) >= 11 is 0. The summed E-state index contributed by atoms with van der Waals surface area (Å²) in [6, 6.07) is 0. The van der Waals surface area contributed by atoms with Crippen LogP contribution in [0.25, 0.3) is 0 Å². The van der Waals surface area contributed by atoms with Gasteiger partial charge in [-0.05, 0) is 19.9 Å². The van der Waals surface area contributed by atoms with Crippen molar-refractivity contribution in [3.8, 4) is 0 Å². The van der Waals surface area contributed by atoms with Crippen molar-refractivity contribution in [2.45, 2.75) is 32.5 Å². The van der Waals surface area contributed by atoms with E-state index in [9.17, 15) is 9.90 Å². The summed E-state index contributed by atoms with van der Waals surface area (Å²) in [4.78, 5) is 11.7. The van der Waals surface area contributed by atoms with Gasteiger partial charge in [0.05, 0.1) is 19.3 Å². The third kappa shape index (κ3) is 4.37. The van der Waals surface area contributed by atoms with Gasteiger partial charge in [-0.15, -0.1) is 0 Å². The number of methoxy groups -OCH3 is 1. The fourth-order valence-electron chi connectivity index (χ4n) is 1.78. The van der Waals surface area contributed by atoms with Crippen molar-refractivity contribution < 1.29 is 19.4 Å². The molecule has 0 radical (unpaired) electrons. The fraction of sp³-hybridized carbons (Fsp3) is 0.500. The van der Waals surface area contributed by atoms with Crippen LogP contribution in [0, 0.1) is 5.92 Å². The molecule has 0 aromatic carbocycles. The average Bonchev–Trinajstić information content (AvgIpc) is 2.52. The van der Waals surface area contributed by atoms with Crippen molar-refractivity contribution in [2.24, 2.45) is 5.92 Å². The Kier molecular flexibility index (Phi) is 5.65. The first-order valence-corrected chi connectivity index (χ1v) is 6.02. The number of carbonyl (C=O) groups is 1. The average molecular weight is 252 g/mol. The van der Waals surface area contributed by atoms with Crippen LogP contribution in [-0.4, -0.2) is 30.4 Å². The largest absolute Gasteiger partial charge is 0.494 e. The molecule has 4 nitrogen and oxygen atoms in total.